The zero-order valence-corrected chi connectivity index (χ0v) is 13.7. The minimum absolute atomic E-state index is 0.147. The Morgan fingerprint density at radius 2 is 2.00 bits per heavy atom. The zero-order chi connectivity index (χ0) is 17.1. The smallest absolute Gasteiger partial charge is 0.345 e. The Labute approximate surface area is 142 Å². The topological polar surface area (TPSA) is 84.2 Å². The summed E-state index contributed by atoms with van der Waals surface area (Å²) >= 11 is 0.962. The van der Waals surface area contributed by atoms with Crippen LogP contribution in [0.1, 0.15) is 37.9 Å². The van der Waals surface area contributed by atoms with Gasteiger partial charge in [-0.05, 0) is 42.8 Å². The van der Waals surface area contributed by atoms with E-state index in [1.165, 1.54) is 12.1 Å². The van der Waals surface area contributed by atoms with E-state index in [1.54, 1.807) is 10.9 Å². The van der Waals surface area contributed by atoms with Crippen LogP contribution in [0.4, 0.5) is 0 Å². The normalized spacial score (nSPS) is 11.9. The standard InChI is InChI=1S/C17H15N3O3S/c1-11(19-16(21)14-6-7-15(24-14)17(22)23)12-4-2-5-13(10-12)20-9-3-8-18-20/h2-11H,1H3,(H,19,21)(H,22,23). The first kappa shape index (κ1) is 15.9. The number of nitrogens with one attached hydrogen (secondary N) is 1. The predicted molar refractivity (Wildman–Crippen MR) is 90.7 cm³/mol. The highest BCUT2D eigenvalue weighted by atomic mass is 32.1. The van der Waals surface area contributed by atoms with E-state index >= 15 is 0 Å². The van der Waals surface area contributed by atoms with Crippen LogP contribution >= 0.6 is 11.3 Å². The Kier molecular flexibility index (Phi) is 4.43. The minimum Gasteiger partial charge on any atom is -0.477 e. The van der Waals surface area contributed by atoms with Crippen LogP contribution in [0.5, 0.6) is 0 Å². The molecule has 0 aliphatic heterocycles. The van der Waals surface area contributed by atoms with Gasteiger partial charge in [-0.2, -0.15) is 5.10 Å². The van der Waals surface area contributed by atoms with Crippen LogP contribution < -0.4 is 5.32 Å². The maximum Gasteiger partial charge on any atom is 0.345 e. The number of thiophene rings is 1. The van der Waals surface area contributed by atoms with Gasteiger partial charge in [-0.15, -0.1) is 11.3 Å². The molecule has 0 fully saturated rings. The fourth-order valence-corrected chi connectivity index (χ4v) is 3.03. The van der Waals surface area contributed by atoms with Crippen molar-refractivity contribution in [1.82, 2.24) is 15.1 Å². The molecular formula is C17H15N3O3S. The number of aromatic nitrogens is 2. The lowest BCUT2D eigenvalue weighted by Crippen LogP contribution is -2.25. The molecule has 0 radical (unpaired) electrons. The lowest BCUT2D eigenvalue weighted by atomic mass is 10.1. The SMILES string of the molecule is CC(NC(=O)c1ccc(C(=O)O)s1)c1cccc(-n2cccn2)c1. The molecule has 0 spiro atoms. The number of benzene rings is 1. The molecule has 3 rings (SSSR count). The van der Waals surface area contributed by atoms with Crippen LogP contribution in [0.15, 0.2) is 54.9 Å². The van der Waals surface area contributed by atoms with E-state index in [-0.39, 0.29) is 16.8 Å². The maximum atomic E-state index is 12.3. The predicted octanol–water partition coefficient (Wildman–Crippen LogP) is 3.12. The molecule has 0 aliphatic carbocycles. The van der Waals surface area contributed by atoms with Gasteiger partial charge in [-0.25, -0.2) is 9.48 Å². The molecular weight excluding hydrogens is 326 g/mol. The van der Waals surface area contributed by atoms with E-state index in [1.807, 2.05) is 43.5 Å². The Balaban J connectivity index is 1.74. The van der Waals surface area contributed by atoms with Crippen LogP contribution in [-0.4, -0.2) is 26.8 Å². The lowest BCUT2D eigenvalue weighted by Gasteiger charge is -2.15. The molecule has 1 amide bonds. The number of rotatable bonds is 5. The number of amides is 1. The van der Waals surface area contributed by atoms with Crippen LogP contribution in [-0.2, 0) is 0 Å². The maximum absolute atomic E-state index is 12.3. The summed E-state index contributed by atoms with van der Waals surface area (Å²) in [7, 11) is 0. The number of aromatic carboxylic acids is 1. The Bertz CT molecular complexity index is 871. The van der Waals surface area contributed by atoms with Crippen molar-refractivity contribution in [2.45, 2.75) is 13.0 Å². The summed E-state index contributed by atoms with van der Waals surface area (Å²) in [4.78, 5) is 23.7. The van der Waals surface area contributed by atoms with Gasteiger partial charge in [0.25, 0.3) is 5.91 Å². The van der Waals surface area contributed by atoms with E-state index in [4.69, 9.17) is 5.11 Å². The first-order valence-electron chi connectivity index (χ1n) is 7.28. The van der Waals surface area contributed by atoms with Crippen LogP contribution in [0, 0.1) is 0 Å². The highest BCUT2D eigenvalue weighted by Gasteiger charge is 2.16. The molecule has 0 bridgehead atoms. The first-order chi connectivity index (χ1) is 11.5. The Morgan fingerprint density at radius 3 is 2.67 bits per heavy atom. The molecule has 0 saturated heterocycles. The van der Waals surface area contributed by atoms with E-state index in [2.05, 4.69) is 10.4 Å². The minimum atomic E-state index is -1.03. The van der Waals surface area contributed by atoms with E-state index in [9.17, 15) is 9.59 Å². The number of carbonyl (C=O) groups is 2. The second-order valence-corrected chi connectivity index (χ2v) is 6.29. The van der Waals surface area contributed by atoms with E-state index in [0.717, 1.165) is 22.6 Å². The summed E-state index contributed by atoms with van der Waals surface area (Å²) in [5.41, 5.74) is 1.84. The molecule has 0 saturated carbocycles. The number of hydrogen-bond acceptors (Lipinski definition) is 4. The summed E-state index contributed by atoms with van der Waals surface area (Å²) in [6.45, 7) is 1.88. The third-order valence-corrected chi connectivity index (χ3v) is 4.60. The van der Waals surface area contributed by atoms with Crippen molar-refractivity contribution in [2.75, 3.05) is 0 Å². The fourth-order valence-electron chi connectivity index (χ4n) is 2.28. The molecule has 2 heterocycles. The molecule has 2 aromatic heterocycles. The van der Waals surface area contributed by atoms with Crippen LogP contribution in [0.25, 0.3) is 5.69 Å². The van der Waals surface area contributed by atoms with Crippen molar-refractivity contribution in [3.63, 3.8) is 0 Å². The number of nitrogens with zero attached hydrogens (tertiary/aromatic N) is 2. The molecule has 3 aromatic rings. The molecule has 6 nitrogen and oxygen atoms in total. The average Bonchev–Trinajstić information content (AvgIpc) is 3.26. The van der Waals surface area contributed by atoms with Crippen molar-refractivity contribution in [1.29, 1.82) is 0 Å². The number of hydrogen-bond donors (Lipinski definition) is 2. The van der Waals surface area contributed by atoms with E-state index in [0.29, 0.717) is 4.88 Å². The Morgan fingerprint density at radius 1 is 1.21 bits per heavy atom. The summed E-state index contributed by atoms with van der Waals surface area (Å²) in [6.07, 6.45) is 3.55. The van der Waals surface area contributed by atoms with Gasteiger partial charge in [0.1, 0.15) is 4.88 Å². The van der Waals surface area contributed by atoms with Crippen molar-refractivity contribution < 1.29 is 14.7 Å². The lowest BCUT2D eigenvalue weighted by molar-refractivity contribution is 0.0702. The molecule has 0 aliphatic rings. The summed E-state index contributed by atoms with van der Waals surface area (Å²) in [5.74, 6) is -1.32. The number of carboxylic acids is 1. The molecule has 1 atom stereocenters. The highest BCUT2D eigenvalue weighted by Crippen LogP contribution is 2.20. The highest BCUT2D eigenvalue weighted by molar-refractivity contribution is 7.15. The van der Waals surface area contributed by atoms with Gasteiger partial charge in [0.2, 0.25) is 0 Å². The summed E-state index contributed by atoms with van der Waals surface area (Å²) in [6, 6.07) is 12.3. The first-order valence-corrected chi connectivity index (χ1v) is 8.10. The van der Waals surface area contributed by atoms with Gasteiger partial charge in [0.05, 0.1) is 16.6 Å². The summed E-state index contributed by atoms with van der Waals surface area (Å²) in [5, 5.41) is 16.0. The van der Waals surface area contributed by atoms with Crippen molar-refractivity contribution in [2.24, 2.45) is 0 Å². The van der Waals surface area contributed by atoms with E-state index < -0.39 is 5.97 Å². The quantitative estimate of drug-likeness (QED) is 0.747. The molecule has 1 aromatic carbocycles. The zero-order valence-electron chi connectivity index (χ0n) is 12.8. The van der Waals surface area contributed by atoms with Gasteiger partial charge < -0.3 is 10.4 Å². The van der Waals surface area contributed by atoms with Gasteiger partial charge in [0, 0.05) is 12.4 Å². The van der Waals surface area contributed by atoms with Gasteiger partial charge in [-0.1, -0.05) is 12.1 Å². The molecule has 24 heavy (non-hydrogen) atoms. The number of carboxylic acid groups (broad SMARTS) is 1. The second kappa shape index (κ2) is 6.67. The average molecular weight is 341 g/mol. The van der Waals surface area contributed by atoms with Crippen molar-refractivity contribution in [3.05, 3.63) is 70.2 Å². The van der Waals surface area contributed by atoms with Gasteiger partial charge in [0.15, 0.2) is 0 Å². The number of carbonyl (C=O) groups excluding carboxylic acids is 1. The van der Waals surface area contributed by atoms with Crippen LogP contribution in [0.2, 0.25) is 0 Å². The molecule has 7 heteroatoms. The monoisotopic (exact) mass is 341 g/mol. The Hall–Kier alpha value is -2.93. The molecule has 122 valence electrons. The molecule has 2 N–H and O–H groups in total. The van der Waals surface area contributed by atoms with Crippen molar-refractivity contribution in [3.8, 4) is 5.69 Å². The summed E-state index contributed by atoms with van der Waals surface area (Å²) < 4.78 is 1.75. The van der Waals surface area contributed by atoms with Gasteiger partial charge in [-0.3, -0.25) is 4.79 Å². The van der Waals surface area contributed by atoms with Crippen molar-refractivity contribution >= 4 is 23.2 Å². The van der Waals surface area contributed by atoms with Crippen LogP contribution in [0.3, 0.4) is 0 Å². The second-order valence-electron chi connectivity index (χ2n) is 5.21. The third kappa shape index (κ3) is 3.36. The fraction of sp³-hybridized carbons (Fsp3) is 0.118. The third-order valence-electron chi connectivity index (χ3n) is 3.53. The largest absolute Gasteiger partial charge is 0.477 e. The van der Waals surface area contributed by atoms with Gasteiger partial charge >= 0.3 is 5.97 Å². The molecule has 1 unspecified atom stereocenters.